The Morgan fingerprint density at radius 1 is 1.28 bits per heavy atom. The maximum Gasteiger partial charge on any atom is 0.307 e. The zero-order valence-corrected chi connectivity index (χ0v) is 11.2. The van der Waals surface area contributed by atoms with Crippen LogP contribution in [0.1, 0.15) is 12.8 Å². The largest absolute Gasteiger partial charge is 0.362 e. The van der Waals surface area contributed by atoms with Crippen LogP contribution >= 0.6 is 0 Å². The number of hydrogen-bond acceptors (Lipinski definition) is 6. The van der Waals surface area contributed by atoms with Gasteiger partial charge in [0.2, 0.25) is 5.88 Å². The van der Waals surface area contributed by atoms with E-state index in [4.69, 9.17) is 0 Å². The minimum Gasteiger partial charge on any atom is -0.362 e. The summed E-state index contributed by atoms with van der Waals surface area (Å²) in [6, 6.07) is 3.88. The average Bonchev–Trinajstić information content (AvgIpc) is 2.98. The second-order valence-corrected chi connectivity index (χ2v) is 7.23. The molecule has 0 aromatic carbocycles. The summed E-state index contributed by atoms with van der Waals surface area (Å²) in [4.78, 5) is 3.66. The Kier molecular flexibility index (Phi) is 3.30. The molecule has 0 atom stereocenters. The number of hydrogen-bond donors (Lipinski definition) is 1. The van der Waals surface area contributed by atoms with Crippen LogP contribution < -0.4 is 8.91 Å². The summed E-state index contributed by atoms with van der Waals surface area (Å²) in [5.41, 5.74) is 0. The van der Waals surface area contributed by atoms with Crippen molar-refractivity contribution in [3.63, 3.8) is 0 Å². The van der Waals surface area contributed by atoms with E-state index in [1.54, 1.807) is 0 Å². The van der Waals surface area contributed by atoms with Crippen LogP contribution in [-0.2, 0) is 20.1 Å². The van der Waals surface area contributed by atoms with Gasteiger partial charge in [-0.1, -0.05) is 6.07 Å². The fraction of sp³-hybridized carbons (Fsp3) is 0.444. The van der Waals surface area contributed by atoms with Crippen LogP contribution in [0.5, 0.6) is 5.88 Å². The summed E-state index contributed by atoms with van der Waals surface area (Å²) in [7, 11) is -7.44. The molecule has 0 bridgehead atoms. The first-order valence-corrected chi connectivity index (χ1v) is 8.45. The quantitative estimate of drug-likeness (QED) is 0.758. The lowest BCUT2D eigenvalue weighted by Gasteiger charge is -2.06. The summed E-state index contributed by atoms with van der Waals surface area (Å²) in [5, 5.41) is -0.254. The fourth-order valence-corrected chi connectivity index (χ4v) is 2.89. The number of pyridine rings is 1. The standard InChI is InChI=1S/C9H12N2O5S2/c1-17(12,13)16-8-3-2-4-9(10-8)18(14,15)11-7-5-6-7/h2-4,7,11H,5-6H2,1H3. The summed E-state index contributed by atoms with van der Waals surface area (Å²) < 4.78 is 52.5. The van der Waals surface area contributed by atoms with Crippen molar-refractivity contribution in [3.8, 4) is 5.88 Å². The van der Waals surface area contributed by atoms with Crippen LogP contribution in [0.3, 0.4) is 0 Å². The van der Waals surface area contributed by atoms with Crippen LogP contribution in [0.2, 0.25) is 0 Å². The Morgan fingerprint density at radius 3 is 2.50 bits per heavy atom. The van der Waals surface area contributed by atoms with Crippen LogP contribution in [0.25, 0.3) is 0 Å². The van der Waals surface area contributed by atoms with Crippen molar-refractivity contribution >= 4 is 20.1 Å². The van der Waals surface area contributed by atoms with Crippen molar-refractivity contribution in [1.29, 1.82) is 0 Å². The predicted molar refractivity (Wildman–Crippen MR) is 63.1 cm³/mol. The fourth-order valence-electron chi connectivity index (χ4n) is 1.23. The smallest absolute Gasteiger partial charge is 0.307 e. The van der Waals surface area contributed by atoms with Crippen molar-refractivity contribution in [2.24, 2.45) is 0 Å². The van der Waals surface area contributed by atoms with E-state index in [1.165, 1.54) is 18.2 Å². The minimum absolute atomic E-state index is 0.0451. The maximum atomic E-state index is 11.8. The van der Waals surface area contributed by atoms with Crippen molar-refractivity contribution < 1.29 is 21.0 Å². The summed E-state index contributed by atoms with van der Waals surface area (Å²) in [6.07, 6.45) is 2.47. The zero-order chi connectivity index (χ0) is 13.4. The van der Waals surface area contributed by atoms with Gasteiger partial charge in [-0.05, 0) is 18.9 Å². The van der Waals surface area contributed by atoms with Gasteiger partial charge in [-0.15, -0.1) is 0 Å². The molecule has 1 aliphatic rings. The highest BCUT2D eigenvalue weighted by atomic mass is 32.2. The molecule has 0 amide bonds. The molecule has 1 aromatic heterocycles. The van der Waals surface area contributed by atoms with Gasteiger partial charge in [-0.25, -0.2) is 13.1 Å². The predicted octanol–water partition coefficient (Wildman–Crippen LogP) is -0.139. The molecule has 1 saturated carbocycles. The summed E-state index contributed by atoms with van der Waals surface area (Å²) in [6.45, 7) is 0. The Hall–Kier alpha value is -1.19. The van der Waals surface area contributed by atoms with Gasteiger partial charge in [0.25, 0.3) is 10.0 Å². The summed E-state index contributed by atoms with van der Waals surface area (Å²) >= 11 is 0. The number of rotatable bonds is 5. The lowest BCUT2D eigenvalue weighted by molar-refractivity contribution is 0.478. The van der Waals surface area contributed by atoms with Gasteiger partial charge in [-0.3, -0.25) is 0 Å². The Morgan fingerprint density at radius 2 is 1.94 bits per heavy atom. The van der Waals surface area contributed by atoms with E-state index in [1.807, 2.05) is 0 Å². The van der Waals surface area contributed by atoms with Crippen LogP contribution in [-0.4, -0.2) is 34.1 Å². The number of nitrogens with zero attached hydrogens (tertiary/aromatic N) is 1. The molecule has 1 heterocycles. The molecule has 100 valence electrons. The third-order valence-electron chi connectivity index (χ3n) is 2.11. The van der Waals surface area contributed by atoms with Gasteiger partial charge in [0.15, 0.2) is 5.03 Å². The molecule has 18 heavy (non-hydrogen) atoms. The molecule has 1 aliphatic carbocycles. The molecule has 1 fully saturated rings. The first-order valence-electron chi connectivity index (χ1n) is 5.15. The molecule has 0 saturated heterocycles. The Balaban J connectivity index is 2.26. The van der Waals surface area contributed by atoms with E-state index < -0.39 is 20.1 Å². The second-order valence-electron chi connectivity index (χ2n) is 4.00. The molecular formula is C9H12N2O5S2. The molecule has 0 aliphatic heterocycles. The molecule has 0 spiro atoms. The summed E-state index contributed by atoms with van der Waals surface area (Å²) in [5.74, 6) is -0.267. The third-order valence-corrected chi connectivity index (χ3v) is 4.00. The van der Waals surface area contributed by atoms with Crippen LogP contribution in [0, 0.1) is 0 Å². The lowest BCUT2D eigenvalue weighted by atomic mass is 10.5. The number of sulfonamides is 1. The maximum absolute atomic E-state index is 11.8. The van der Waals surface area contributed by atoms with Crippen molar-refractivity contribution in [3.05, 3.63) is 18.2 Å². The zero-order valence-electron chi connectivity index (χ0n) is 9.53. The van der Waals surface area contributed by atoms with Crippen LogP contribution in [0.4, 0.5) is 0 Å². The molecule has 1 aromatic rings. The van der Waals surface area contributed by atoms with E-state index in [0.29, 0.717) is 0 Å². The third kappa shape index (κ3) is 3.65. The van der Waals surface area contributed by atoms with E-state index in [0.717, 1.165) is 19.1 Å². The first-order chi connectivity index (χ1) is 8.26. The van der Waals surface area contributed by atoms with Gasteiger partial charge in [0.05, 0.1) is 6.26 Å². The molecule has 0 unspecified atom stereocenters. The molecule has 2 rings (SSSR count). The Bertz CT molecular complexity index is 649. The normalized spacial score (nSPS) is 16.5. The molecule has 1 N–H and O–H groups in total. The number of nitrogens with one attached hydrogen (secondary N) is 1. The topological polar surface area (TPSA) is 102 Å². The van der Waals surface area contributed by atoms with Gasteiger partial charge < -0.3 is 4.18 Å². The Labute approximate surface area is 105 Å². The van der Waals surface area contributed by atoms with Crippen molar-refractivity contribution in [2.75, 3.05) is 6.26 Å². The van der Waals surface area contributed by atoms with Crippen LogP contribution in [0.15, 0.2) is 23.2 Å². The average molecular weight is 292 g/mol. The highest BCUT2D eigenvalue weighted by Crippen LogP contribution is 2.22. The van der Waals surface area contributed by atoms with E-state index in [9.17, 15) is 16.8 Å². The van der Waals surface area contributed by atoms with Gasteiger partial charge in [0, 0.05) is 12.1 Å². The SMILES string of the molecule is CS(=O)(=O)Oc1cccc(S(=O)(=O)NC2CC2)n1. The molecule has 9 heteroatoms. The van der Waals surface area contributed by atoms with E-state index in [2.05, 4.69) is 13.9 Å². The van der Waals surface area contributed by atoms with Crippen molar-refractivity contribution in [2.45, 2.75) is 23.9 Å². The van der Waals surface area contributed by atoms with Gasteiger partial charge in [0.1, 0.15) is 0 Å². The number of aromatic nitrogens is 1. The first kappa shape index (κ1) is 13.2. The highest BCUT2D eigenvalue weighted by molar-refractivity contribution is 7.89. The van der Waals surface area contributed by atoms with E-state index >= 15 is 0 Å². The highest BCUT2D eigenvalue weighted by Gasteiger charge is 2.29. The lowest BCUT2D eigenvalue weighted by Crippen LogP contribution is -2.26. The monoisotopic (exact) mass is 292 g/mol. The van der Waals surface area contributed by atoms with E-state index in [-0.39, 0.29) is 16.9 Å². The minimum atomic E-state index is -3.73. The van der Waals surface area contributed by atoms with Gasteiger partial charge in [-0.2, -0.15) is 13.4 Å². The van der Waals surface area contributed by atoms with Crippen molar-refractivity contribution in [1.82, 2.24) is 9.71 Å². The molecule has 7 nitrogen and oxygen atoms in total. The second kappa shape index (κ2) is 4.48. The molecule has 0 radical (unpaired) electrons. The molecular weight excluding hydrogens is 280 g/mol. The van der Waals surface area contributed by atoms with Gasteiger partial charge >= 0.3 is 10.1 Å².